The summed E-state index contributed by atoms with van der Waals surface area (Å²) in [5.41, 5.74) is 2.22. The zero-order valence-electron chi connectivity index (χ0n) is 11.7. The molecule has 3 nitrogen and oxygen atoms in total. The van der Waals surface area contributed by atoms with Crippen LogP contribution in [0.3, 0.4) is 0 Å². The maximum absolute atomic E-state index is 5.58. The Labute approximate surface area is 128 Å². The second-order valence-electron chi connectivity index (χ2n) is 4.26. The van der Waals surface area contributed by atoms with E-state index < -0.39 is 0 Å². The van der Waals surface area contributed by atoms with Crippen molar-refractivity contribution in [3.8, 4) is 11.5 Å². The highest BCUT2D eigenvalue weighted by molar-refractivity contribution is 9.10. The highest BCUT2D eigenvalue weighted by Crippen LogP contribution is 2.36. The molecule has 0 saturated carbocycles. The number of anilines is 1. The van der Waals surface area contributed by atoms with Gasteiger partial charge in [0, 0.05) is 12.2 Å². The van der Waals surface area contributed by atoms with Gasteiger partial charge in [0.15, 0.2) is 11.5 Å². The Hall–Kier alpha value is -1.68. The molecule has 0 unspecified atom stereocenters. The van der Waals surface area contributed by atoms with Crippen molar-refractivity contribution in [3.05, 3.63) is 52.5 Å². The number of halogens is 1. The second kappa shape index (κ2) is 7.20. The molecule has 0 aliphatic rings. The van der Waals surface area contributed by atoms with Crippen molar-refractivity contribution in [1.29, 1.82) is 0 Å². The van der Waals surface area contributed by atoms with Crippen LogP contribution in [0.15, 0.2) is 46.9 Å². The lowest BCUT2D eigenvalue weighted by Crippen LogP contribution is -2.02. The highest BCUT2D eigenvalue weighted by atomic mass is 79.9. The van der Waals surface area contributed by atoms with Crippen molar-refractivity contribution in [2.45, 2.75) is 13.5 Å². The van der Waals surface area contributed by atoms with Crippen molar-refractivity contribution in [2.75, 3.05) is 19.0 Å². The van der Waals surface area contributed by atoms with E-state index in [9.17, 15) is 0 Å². The molecule has 106 valence electrons. The van der Waals surface area contributed by atoms with Crippen LogP contribution in [0.25, 0.3) is 0 Å². The summed E-state index contributed by atoms with van der Waals surface area (Å²) in [6.07, 6.45) is 0. The standard InChI is InChI=1S/C16H18BrNO2/c1-3-20-16-14(17)9-12(10-15(16)19-2)11-18-13-7-5-4-6-8-13/h4-10,18H,3,11H2,1-2H3. The lowest BCUT2D eigenvalue weighted by molar-refractivity contribution is 0.308. The van der Waals surface area contributed by atoms with Crippen molar-refractivity contribution < 1.29 is 9.47 Å². The highest BCUT2D eigenvalue weighted by Gasteiger charge is 2.11. The topological polar surface area (TPSA) is 30.5 Å². The van der Waals surface area contributed by atoms with Gasteiger partial charge in [0.05, 0.1) is 18.2 Å². The zero-order valence-corrected chi connectivity index (χ0v) is 13.2. The minimum absolute atomic E-state index is 0.608. The summed E-state index contributed by atoms with van der Waals surface area (Å²) < 4.78 is 11.9. The van der Waals surface area contributed by atoms with Crippen molar-refractivity contribution in [1.82, 2.24) is 0 Å². The first-order valence-electron chi connectivity index (χ1n) is 6.52. The summed E-state index contributed by atoms with van der Waals surface area (Å²) in [6.45, 7) is 3.29. The largest absolute Gasteiger partial charge is 0.493 e. The SMILES string of the molecule is CCOc1c(Br)cc(CNc2ccccc2)cc1OC. The predicted octanol–water partition coefficient (Wildman–Crippen LogP) is 4.47. The van der Waals surface area contributed by atoms with Crippen LogP contribution < -0.4 is 14.8 Å². The third-order valence-corrected chi connectivity index (χ3v) is 3.44. The Bertz CT molecular complexity index is 558. The molecule has 0 bridgehead atoms. The fourth-order valence-corrected chi connectivity index (χ4v) is 2.52. The Morgan fingerprint density at radius 1 is 1.15 bits per heavy atom. The van der Waals surface area contributed by atoms with Gasteiger partial charge in [0.1, 0.15) is 0 Å². The molecule has 2 aromatic carbocycles. The van der Waals surface area contributed by atoms with Crippen LogP contribution in [0.1, 0.15) is 12.5 Å². The van der Waals surface area contributed by atoms with Crippen LogP contribution in [-0.2, 0) is 6.54 Å². The van der Waals surface area contributed by atoms with Crippen LogP contribution in [0, 0.1) is 0 Å². The molecule has 2 aromatic rings. The number of methoxy groups -OCH3 is 1. The number of nitrogens with one attached hydrogen (secondary N) is 1. The fourth-order valence-electron chi connectivity index (χ4n) is 1.92. The lowest BCUT2D eigenvalue weighted by atomic mass is 10.2. The van der Waals surface area contributed by atoms with Crippen LogP contribution >= 0.6 is 15.9 Å². The van der Waals surface area contributed by atoms with Gasteiger partial charge in [-0.05, 0) is 52.7 Å². The summed E-state index contributed by atoms with van der Waals surface area (Å²) in [5.74, 6) is 1.49. The molecule has 0 spiro atoms. The Morgan fingerprint density at radius 3 is 2.55 bits per heavy atom. The van der Waals surface area contributed by atoms with Gasteiger partial charge in [-0.25, -0.2) is 0 Å². The predicted molar refractivity (Wildman–Crippen MR) is 85.6 cm³/mol. The van der Waals surface area contributed by atoms with Gasteiger partial charge in [0.2, 0.25) is 0 Å². The average Bonchev–Trinajstić information content (AvgIpc) is 2.48. The molecular formula is C16H18BrNO2. The molecule has 0 atom stereocenters. The molecule has 0 amide bonds. The number of rotatable bonds is 6. The molecule has 0 aliphatic carbocycles. The first-order chi connectivity index (χ1) is 9.74. The molecule has 0 saturated heterocycles. The van der Waals surface area contributed by atoms with Crippen LogP contribution in [0.4, 0.5) is 5.69 Å². The van der Waals surface area contributed by atoms with Gasteiger partial charge in [-0.1, -0.05) is 18.2 Å². The van der Waals surface area contributed by atoms with E-state index in [4.69, 9.17) is 9.47 Å². The number of para-hydroxylation sites is 1. The molecule has 0 fully saturated rings. The monoisotopic (exact) mass is 335 g/mol. The Balaban J connectivity index is 2.14. The smallest absolute Gasteiger partial charge is 0.175 e. The third kappa shape index (κ3) is 3.67. The summed E-state index contributed by atoms with van der Waals surface area (Å²) >= 11 is 3.53. The first kappa shape index (κ1) is 14.7. The van der Waals surface area contributed by atoms with Crippen molar-refractivity contribution in [3.63, 3.8) is 0 Å². The lowest BCUT2D eigenvalue weighted by Gasteiger charge is -2.14. The van der Waals surface area contributed by atoms with Crippen LogP contribution in [0.2, 0.25) is 0 Å². The molecule has 20 heavy (non-hydrogen) atoms. The minimum atomic E-state index is 0.608. The fraction of sp³-hybridized carbons (Fsp3) is 0.250. The summed E-state index contributed by atoms with van der Waals surface area (Å²) in [7, 11) is 1.65. The molecular weight excluding hydrogens is 318 g/mol. The first-order valence-corrected chi connectivity index (χ1v) is 7.32. The third-order valence-electron chi connectivity index (χ3n) is 2.85. The van der Waals surface area contributed by atoms with E-state index in [1.165, 1.54) is 0 Å². The van der Waals surface area contributed by atoms with Gasteiger partial charge in [-0.15, -0.1) is 0 Å². The molecule has 0 aliphatic heterocycles. The normalized spacial score (nSPS) is 10.2. The number of benzene rings is 2. The Kier molecular flexibility index (Phi) is 5.30. The number of hydrogen-bond acceptors (Lipinski definition) is 3. The van der Waals surface area contributed by atoms with Crippen molar-refractivity contribution >= 4 is 21.6 Å². The summed E-state index contributed by atoms with van der Waals surface area (Å²) in [6, 6.07) is 14.1. The molecule has 0 radical (unpaired) electrons. The molecule has 2 rings (SSSR count). The summed E-state index contributed by atoms with van der Waals surface area (Å²) in [5, 5.41) is 3.37. The number of ether oxygens (including phenoxy) is 2. The van der Waals surface area contributed by atoms with Gasteiger partial charge < -0.3 is 14.8 Å². The molecule has 0 aromatic heterocycles. The van der Waals surface area contributed by atoms with Gasteiger partial charge >= 0.3 is 0 Å². The molecule has 0 heterocycles. The second-order valence-corrected chi connectivity index (χ2v) is 5.12. The van der Waals surface area contributed by atoms with Gasteiger partial charge in [-0.2, -0.15) is 0 Å². The van der Waals surface area contributed by atoms with E-state index in [1.54, 1.807) is 7.11 Å². The quantitative estimate of drug-likeness (QED) is 0.844. The van der Waals surface area contributed by atoms with E-state index in [1.807, 2.05) is 49.4 Å². The molecule has 4 heteroatoms. The summed E-state index contributed by atoms with van der Waals surface area (Å²) in [4.78, 5) is 0. The van der Waals surface area contributed by atoms with Crippen LogP contribution in [0.5, 0.6) is 11.5 Å². The average molecular weight is 336 g/mol. The molecule has 1 N–H and O–H groups in total. The van der Waals surface area contributed by atoms with Gasteiger partial charge in [-0.3, -0.25) is 0 Å². The maximum atomic E-state index is 5.58. The van der Waals surface area contributed by atoms with Crippen LogP contribution in [-0.4, -0.2) is 13.7 Å². The van der Waals surface area contributed by atoms with Crippen molar-refractivity contribution in [2.24, 2.45) is 0 Å². The Morgan fingerprint density at radius 2 is 1.90 bits per heavy atom. The van der Waals surface area contributed by atoms with E-state index in [-0.39, 0.29) is 0 Å². The maximum Gasteiger partial charge on any atom is 0.175 e. The van der Waals surface area contributed by atoms with E-state index >= 15 is 0 Å². The van der Waals surface area contributed by atoms with E-state index in [0.29, 0.717) is 6.61 Å². The van der Waals surface area contributed by atoms with E-state index in [2.05, 4.69) is 21.2 Å². The number of hydrogen-bond donors (Lipinski definition) is 1. The minimum Gasteiger partial charge on any atom is -0.493 e. The van der Waals surface area contributed by atoms with E-state index in [0.717, 1.165) is 33.8 Å². The van der Waals surface area contributed by atoms with Gasteiger partial charge in [0.25, 0.3) is 0 Å². The zero-order chi connectivity index (χ0) is 14.4.